The quantitative estimate of drug-likeness (QED) is 0.931. The zero-order chi connectivity index (χ0) is 16.4. The monoisotopic (exact) mass is 331 g/mol. The maximum Gasteiger partial charge on any atom is 0.229 e. The van der Waals surface area contributed by atoms with E-state index in [-0.39, 0.29) is 0 Å². The molecule has 0 bridgehead atoms. The van der Waals surface area contributed by atoms with Crippen LogP contribution in [0.15, 0.2) is 30.3 Å². The highest BCUT2D eigenvalue weighted by Crippen LogP contribution is 2.25. The Morgan fingerprint density at radius 3 is 2.78 bits per heavy atom. The number of para-hydroxylation sites is 1. The molecule has 6 heteroatoms. The van der Waals surface area contributed by atoms with Crippen LogP contribution in [0.1, 0.15) is 12.1 Å². The molecule has 1 atom stereocenters. The van der Waals surface area contributed by atoms with Gasteiger partial charge < -0.3 is 15.1 Å². The Labute approximate surface area is 142 Å². The van der Waals surface area contributed by atoms with E-state index in [4.69, 9.17) is 11.6 Å². The van der Waals surface area contributed by atoms with E-state index in [1.807, 2.05) is 37.3 Å². The molecule has 1 fully saturated rings. The minimum atomic E-state index is 0.488. The van der Waals surface area contributed by atoms with Crippen molar-refractivity contribution < 1.29 is 0 Å². The number of anilines is 3. The lowest BCUT2D eigenvalue weighted by atomic mass is 10.2. The van der Waals surface area contributed by atoms with Crippen LogP contribution in [0.3, 0.4) is 0 Å². The number of nitrogens with zero attached hydrogens (tertiary/aromatic N) is 4. The molecule has 1 aromatic heterocycles. The van der Waals surface area contributed by atoms with E-state index < -0.39 is 0 Å². The summed E-state index contributed by atoms with van der Waals surface area (Å²) in [5.41, 5.74) is 1.75. The lowest BCUT2D eigenvalue weighted by Gasteiger charge is -2.26. The first kappa shape index (κ1) is 16.0. The summed E-state index contributed by atoms with van der Waals surface area (Å²) in [5, 5.41) is 3.87. The van der Waals surface area contributed by atoms with Crippen LogP contribution in [-0.4, -0.2) is 48.1 Å². The van der Waals surface area contributed by atoms with Gasteiger partial charge in [-0.1, -0.05) is 23.7 Å². The van der Waals surface area contributed by atoms with Crippen molar-refractivity contribution in [3.05, 3.63) is 41.0 Å². The Bertz CT molecular complexity index is 690. The predicted molar refractivity (Wildman–Crippen MR) is 95.8 cm³/mol. The van der Waals surface area contributed by atoms with Gasteiger partial charge in [-0.15, -0.1) is 0 Å². The lowest BCUT2D eigenvalue weighted by molar-refractivity contribution is 0.409. The summed E-state index contributed by atoms with van der Waals surface area (Å²) in [6.45, 7) is 4.17. The highest BCUT2D eigenvalue weighted by molar-refractivity contribution is 6.33. The van der Waals surface area contributed by atoms with Crippen LogP contribution in [0, 0.1) is 6.92 Å². The second-order valence-corrected chi connectivity index (χ2v) is 6.52. The van der Waals surface area contributed by atoms with Gasteiger partial charge in [0.15, 0.2) is 0 Å². The zero-order valence-electron chi connectivity index (χ0n) is 13.8. The van der Waals surface area contributed by atoms with Crippen LogP contribution in [-0.2, 0) is 0 Å². The predicted octanol–water partition coefficient (Wildman–Crippen LogP) is 3.32. The molecule has 3 rings (SSSR count). The summed E-state index contributed by atoms with van der Waals surface area (Å²) in [6, 6.07) is 10.1. The molecule has 2 aromatic rings. The number of aromatic nitrogens is 2. The third-order valence-electron chi connectivity index (χ3n) is 4.24. The van der Waals surface area contributed by atoms with Crippen molar-refractivity contribution in [2.75, 3.05) is 37.4 Å². The third kappa shape index (κ3) is 3.74. The molecular weight excluding hydrogens is 310 g/mol. The zero-order valence-corrected chi connectivity index (χ0v) is 14.5. The van der Waals surface area contributed by atoms with Gasteiger partial charge in [0.1, 0.15) is 5.82 Å². The fourth-order valence-electron chi connectivity index (χ4n) is 2.89. The van der Waals surface area contributed by atoms with Crippen molar-refractivity contribution in [3.8, 4) is 0 Å². The van der Waals surface area contributed by atoms with Gasteiger partial charge in [0.25, 0.3) is 0 Å². The first-order valence-electron chi connectivity index (χ1n) is 7.81. The number of nitrogens with one attached hydrogen (secondary N) is 1. The summed E-state index contributed by atoms with van der Waals surface area (Å²) < 4.78 is 0. The van der Waals surface area contributed by atoms with Gasteiger partial charge in [0.05, 0.1) is 10.7 Å². The van der Waals surface area contributed by atoms with Gasteiger partial charge in [-0.3, -0.25) is 0 Å². The molecule has 23 heavy (non-hydrogen) atoms. The van der Waals surface area contributed by atoms with E-state index in [0.29, 0.717) is 17.0 Å². The van der Waals surface area contributed by atoms with Crippen molar-refractivity contribution in [1.29, 1.82) is 0 Å². The molecule has 5 nitrogen and oxygen atoms in total. The second kappa shape index (κ2) is 6.72. The minimum Gasteiger partial charge on any atom is -0.355 e. The fraction of sp³-hybridized carbons (Fsp3) is 0.412. The molecule has 2 heterocycles. The Hall–Kier alpha value is -1.85. The van der Waals surface area contributed by atoms with Crippen LogP contribution < -0.4 is 10.2 Å². The van der Waals surface area contributed by atoms with Crippen LogP contribution >= 0.6 is 11.6 Å². The lowest BCUT2D eigenvalue weighted by Crippen LogP contribution is -2.34. The van der Waals surface area contributed by atoms with Crippen molar-refractivity contribution in [3.63, 3.8) is 0 Å². The molecule has 1 N–H and O–H groups in total. The highest BCUT2D eigenvalue weighted by atomic mass is 35.5. The molecule has 1 aliphatic heterocycles. The molecule has 0 amide bonds. The number of likely N-dealkylation sites (tertiary alicyclic amines) is 1. The van der Waals surface area contributed by atoms with Gasteiger partial charge in [-0.25, -0.2) is 4.98 Å². The van der Waals surface area contributed by atoms with E-state index in [9.17, 15) is 0 Å². The van der Waals surface area contributed by atoms with E-state index >= 15 is 0 Å². The highest BCUT2D eigenvalue weighted by Gasteiger charge is 2.24. The number of aryl methyl sites for hydroxylation is 1. The Kier molecular flexibility index (Phi) is 4.68. The smallest absolute Gasteiger partial charge is 0.229 e. The topological polar surface area (TPSA) is 44.3 Å². The Balaban J connectivity index is 1.83. The van der Waals surface area contributed by atoms with E-state index in [1.165, 1.54) is 0 Å². The Morgan fingerprint density at radius 2 is 2.09 bits per heavy atom. The number of halogens is 1. The number of hydrogen-bond acceptors (Lipinski definition) is 5. The molecular formula is C17H22ClN5. The molecule has 0 spiro atoms. The van der Waals surface area contributed by atoms with Crippen molar-refractivity contribution in [2.45, 2.75) is 19.4 Å². The second-order valence-electron chi connectivity index (χ2n) is 6.11. The summed E-state index contributed by atoms with van der Waals surface area (Å²) in [5.74, 6) is 1.51. The third-order valence-corrected chi connectivity index (χ3v) is 4.57. The number of hydrogen-bond donors (Lipinski definition) is 1. The van der Waals surface area contributed by atoms with Crippen LogP contribution in [0.5, 0.6) is 0 Å². The van der Waals surface area contributed by atoms with E-state index in [1.54, 1.807) is 0 Å². The first-order valence-corrected chi connectivity index (χ1v) is 8.19. The van der Waals surface area contributed by atoms with Gasteiger partial charge >= 0.3 is 0 Å². The molecule has 1 saturated heterocycles. The van der Waals surface area contributed by atoms with Crippen LogP contribution in [0.25, 0.3) is 0 Å². The van der Waals surface area contributed by atoms with Gasteiger partial charge in [-0.2, -0.15) is 4.98 Å². The average molecular weight is 332 g/mol. The standard InChI is InChI=1S/C17H22ClN5/c1-12-10-16(23(3)13-8-9-22(2)11-13)21-17(19-12)20-15-7-5-4-6-14(15)18/h4-7,10,13H,8-9,11H2,1-3H3,(H,19,20,21). The van der Waals surface area contributed by atoms with Gasteiger partial charge in [0, 0.05) is 31.4 Å². The molecule has 1 aliphatic rings. The van der Waals surface area contributed by atoms with E-state index in [2.05, 4.69) is 39.2 Å². The molecule has 0 radical (unpaired) electrons. The Morgan fingerprint density at radius 1 is 1.30 bits per heavy atom. The number of rotatable bonds is 4. The van der Waals surface area contributed by atoms with Crippen LogP contribution in [0.4, 0.5) is 17.5 Å². The van der Waals surface area contributed by atoms with Crippen molar-refractivity contribution in [2.24, 2.45) is 0 Å². The van der Waals surface area contributed by atoms with Crippen molar-refractivity contribution >= 4 is 29.1 Å². The normalized spacial score (nSPS) is 18.2. The summed E-state index contributed by atoms with van der Waals surface area (Å²) in [6.07, 6.45) is 1.16. The van der Waals surface area contributed by atoms with Crippen molar-refractivity contribution in [1.82, 2.24) is 14.9 Å². The largest absolute Gasteiger partial charge is 0.355 e. The minimum absolute atomic E-state index is 0.488. The van der Waals surface area contributed by atoms with E-state index in [0.717, 1.165) is 36.7 Å². The SMILES string of the molecule is Cc1cc(N(C)C2CCN(C)C2)nc(Nc2ccccc2Cl)n1. The van der Waals surface area contributed by atoms with Crippen LogP contribution in [0.2, 0.25) is 5.02 Å². The molecule has 122 valence electrons. The maximum absolute atomic E-state index is 6.20. The summed E-state index contributed by atoms with van der Waals surface area (Å²) in [7, 11) is 4.26. The molecule has 0 aliphatic carbocycles. The molecule has 0 saturated carbocycles. The first-order chi connectivity index (χ1) is 11.0. The van der Waals surface area contributed by atoms with Gasteiger partial charge in [-0.05, 0) is 39.1 Å². The number of benzene rings is 1. The van der Waals surface area contributed by atoms with Gasteiger partial charge in [0.2, 0.25) is 5.95 Å². The molecule has 1 aromatic carbocycles. The fourth-order valence-corrected chi connectivity index (χ4v) is 3.07. The molecule has 1 unspecified atom stereocenters. The summed E-state index contributed by atoms with van der Waals surface area (Å²) >= 11 is 6.20. The average Bonchev–Trinajstić information content (AvgIpc) is 2.95. The maximum atomic E-state index is 6.20. The summed E-state index contributed by atoms with van der Waals surface area (Å²) in [4.78, 5) is 13.7. The number of likely N-dealkylation sites (N-methyl/N-ethyl adjacent to an activating group) is 2.